The molecule has 94 valence electrons. The number of carbonyl (C=O) groups is 1. The predicted octanol–water partition coefficient (Wildman–Crippen LogP) is 0.502. The SMILES string of the molecule is COC(=O)c1ncn(-c2cc([C@@H](C)O)ccn2)n1. The zero-order valence-electron chi connectivity index (χ0n) is 9.94. The first-order chi connectivity index (χ1) is 8.61. The van der Waals surface area contributed by atoms with Gasteiger partial charge >= 0.3 is 5.97 Å². The zero-order chi connectivity index (χ0) is 13.1. The summed E-state index contributed by atoms with van der Waals surface area (Å²) in [6, 6.07) is 3.37. The number of carbonyl (C=O) groups excluding carboxylic acids is 1. The summed E-state index contributed by atoms with van der Waals surface area (Å²) >= 11 is 0. The van der Waals surface area contributed by atoms with Crippen LogP contribution in [0.5, 0.6) is 0 Å². The minimum Gasteiger partial charge on any atom is -0.463 e. The molecule has 0 bridgehead atoms. The maximum Gasteiger partial charge on any atom is 0.377 e. The standard InChI is InChI=1S/C11H12N4O3/c1-7(16)8-3-4-12-9(5-8)15-6-13-10(14-15)11(17)18-2/h3-7,16H,1-2H3/t7-/m1/s1. The van der Waals surface area contributed by atoms with E-state index in [1.54, 1.807) is 25.3 Å². The van der Waals surface area contributed by atoms with Crippen LogP contribution in [-0.4, -0.2) is 37.9 Å². The van der Waals surface area contributed by atoms with Crippen molar-refractivity contribution in [3.8, 4) is 5.82 Å². The molecule has 0 saturated carbocycles. The van der Waals surface area contributed by atoms with Crippen LogP contribution in [0.4, 0.5) is 0 Å². The Morgan fingerprint density at radius 2 is 2.28 bits per heavy atom. The molecule has 1 N–H and O–H groups in total. The molecule has 0 fully saturated rings. The van der Waals surface area contributed by atoms with E-state index in [4.69, 9.17) is 0 Å². The van der Waals surface area contributed by atoms with Gasteiger partial charge in [-0.25, -0.2) is 19.4 Å². The number of esters is 1. The van der Waals surface area contributed by atoms with Gasteiger partial charge in [0.1, 0.15) is 6.33 Å². The van der Waals surface area contributed by atoms with Crippen LogP contribution in [0.1, 0.15) is 29.2 Å². The molecule has 7 nitrogen and oxygen atoms in total. The van der Waals surface area contributed by atoms with Crippen LogP contribution in [0.25, 0.3) is 5.82 Å². The second-order valence-electron chi connectivity index (χ2n) is 3.63. The highest BCUT2D eigenvalue weighted by atomic mass is 16.5. The van der Waals surface area contributed by atoms with Gasteiger partial charge in [0.05, 0.1) is 13.2 Å². The third-order valence-electron chi connectivity index (χ3n) is 2.35. The van der Waals surface area contributed by atoms with Crippen molar-refractivity contribution >= 4 is 5.97 Å². The lowest BCUT2D eigenvalue weighted by molar-refractivity contribution is 0.0587. The summed E-state index contributed by atoms with van der Waals surface area (Å²) in [5, 5.41) is 13.4. The molecule has 0 unspecified atom stereocenters. The number of pyridine rings is 1. The molecular weight excluding hydrogens is 236 g/mol. The monoisotopic (exact) mass is 248 g/mol. The number of methoxy groups -OCH3 is 1. The van der Waals surface area contributed by atoms with Crippen molar-refractivity contribution < 1.29 is 14.6 Å². The molecule has 18 heavy (non-hydrogen) atoms. The van der Waals surface area contributed by atoms with Crippen LogP contribution in [0.15, 0.2) is 24.7 Å². The van der Waals surface area contributed by atoms with Crippen LogP contribution in [-0.2, 0) is 4.74 Å². The van der Waals surface area contributed by atoms with E-state index in [2.05, 4.69) is 19.8 Å². The number of aliphatic hydroxyl groups is 1. The molecule has 0 radical (unpaired) electrons. The van der Waals surface area contributed by atoms with Crippen molar-refractivity contribution in [3.05, 3.63) is 36.0 Å². The van der Waals surface area contributed by atoms with Crippen molar-refractivity contribution in [2.45, 2.75) is 13.0 Å². The van der Waals surface area contributed by atoms with Gasteiger partial charge in [0, 0.05) is 6.20 Å². The average Bonchev–Trinajstić information content (AvgIpc) is 2.87. The first-order valence-corrected chi connectivity index (χ1v) is 5.26. The molecule has 2 aromatic rings. The normalized spacial score (nSPS) is 12.2. The van der Waals surface area contributed by atoms with Gasteiger partial charge in [0.25, 0.3) is 5.82 Å². The average molecular weight is 248 g/mol. The van der Waals surface area contributed by atoms with E-state index in [1.807, 2.05) is 0 Å². The van der Waals surface area contributed by atoms with E-state index in [0.717, 1.165) is 0 Å². The molecule has 2 rings (SSSR count). The summed E-state index contributed by atoms with van der Waals surface area (Å²) in [7, 11) is 1.26. The van der Waals surface area contributed by atoms with Crippen LogP contribution in [0.2, 0.25) is 0 Å². The van der Waals surface area contributed by atoms with Crippen molar-refractivity contribution in [2.24, 2.45) is 0 Å². The Labute approximate surface area is 103 Å². The molecule has 0 aliphatic rings. The molecule has 0 aromatic carbocycles. The quantitative estimate of drug-likeness (QED) is 0.795. The summed E-state index contributed by atoms with van der Waals surface area (Å²) in [5.41, 5.74) is 0.704. The lowest BCUT2D eigenvalue weighted by atomic mass is 10.2. The Morgan fingerprint density at radius 3 is 2.94 bits per heavy atom. The van der Waals surface area contributed by atoms with E-state index < -0.39 is 12.1 Å². The molecule has 0 saturated heterocycles. The summed E-state index contributed by atoms with van der Waals surface area (Å²) < 4.78 is 5.86. The third kappa shape index (κ3) is 2.35. The number of aliphatic hydroxyl groups excluding tert-OH is 1. The highest BCUT2D eigenvalue weighted by molar-refractivity contribution is 5.84. The highest BCUT2D eigenvalue weighted by Gasteiger charge is 2.13. The Bertz CT molecular complexity index is 565. The van der Waals surface area contributed by atoms with Gasteiger partial charge in [-0.3, -0.25) is 0 Å². The van der Waals surface area contributed by atoms with Gasteiger partial charge in [-0.15, -0.1) is 5.10 Å². The Hall–Kier alpha value is -2.28. The molecule has 0 aliphatic heterocycles. The first-order valence-electron chi connectivity index (χ1n) is 5.26. The van der Waals surface area contributed by atoms with Crippen LogP contribution in [0, 0.1) is 0 Å². The largest absolute Gasteiger partial charge is 0.463 e. The van der Waals surface area contributed by atoms with Crippen molar-refractivity contribution in [1.82, 2.24) is 19.7 Å². The minimum absolute atomic E-state index is 0.0400. The van der Waals surface area contributed by atoms with Gasteiger partial charge in [-0.1, -0.05) is 0 Å². The van der Waals surface area contributed by atoms with Gasteiger partial charge in [0.15, 0.2) is 5.82 Å². The van der Waals surface area contributed by atoms with E-state index in [0.29, 0.717) is 11.4 Å². The van der Waals surface area contributed by atoms with E-state index in [1.165, 1.54) is 18.1 Å². The van der Waals surface area contributed by atoms with Crippen LogP contribution >= 0.6 is 0 Å². The number of hydrogen-bond donors (Lipinski definition) is 1. The number of rotatable bonds is 3. The fourth-order valence-corrected chi connectivity index (χ4v) is 1.38. The van der Waals surface area contributed by atoms with Gasteiger partial charge in [-0.2, -0.15) is 0 Å². The van der Waals surface area contributed by atoms with Crippen molar-refractivity contribution in [1.29, 1.82) is 0 Å². The molecule has 7 heteroatoms. The molecule has 0 spiro atoms. The number of aromatic nitrogens is 4. The summed E-state index contributed by atoms with van der Waals surface area (Å²) in [6.07, 6.45) is 2.31. The topological polar surface area (TPSA) is 90.1 Å². The second-order valence-corrected chi connectivity index (χ2v) is 3.63. The van der Waals surface area contributed by atoms with E-state index >= 15 is 0 Å². The van der Waals surface area contributed by atoms with Crippen LogP contribution in [0.3, 0.4) is 0 Å². The van der Waals surface area contributed by atoms with Gasteiger partial charge in [0.2, 0.25) is 0 Å². The first kappa shape index (κ1) is 12.2. The zero-order valence-corrected chi connectivity index (χ0v) is 9.94. The molecular formula is C11H12N4O3. The summed E-state index contributed by atoms with van der Waals surface area (Å²) in [4.78, 5) is 19.1. The Morgan fingerprint density at radius 1 is 1.50 bits per heavy atom. The van der Waals surface area contributed by atoms with Crippen LogP contribution < -0.4 is 0 Å². The maximum atomic E-state index is 11.2. The van der Waals surface area contributed by atoms with Crippen molar-refractivity contribution in [3.63, 3.8) is 0 Å². The lowest BCUT2D eigenvalue weighted by Crippen LogP contribution is -2.06. The Balaban J connectivity index is 2.34. The predicted molar refractivity (Wildman–Crippen MR) is 61.1 cm³/mol. The van der Waals surface area contributed by atoms with E-state index in [9.17, 15) is 9.90 Å². The fourth-order valence-electron chi connectivity index (χ4n) is 1.38. The summed E-state index contributed by atoms with van der Waals surface area (Å²) in [5.74, 6) is -0.182. The second kappa shape index (κ2) is 4.92. The number of ether oxygens (including phenoxy) is 1. The highest BCUT2D eigenvalue weighted by Crippen LogP contribution is 2.13. The van der Waals surface area contributed by atoms with Crippen molar-refractivity contribution in [2.75, 3.05) is 7.11 Å². The summed E-state index contributed by atoms with van der Waals surface area (Å²) in [6.45, 7) is 1.65. The molecule has 0 aliphatic carbocycles. The minimum atomic E-state index is -0.611. The molecule has 2 aromatic heterocycles. The smallest absolute Gasteiger partial charge is 0.377 e. The third-order valence-corrected chi connectivity index (χ3v) is 2.35. The number of hydrogen-bond acceptors (Lipinski definition) is 6. The van der Waals surface area contributed by atoms with Gasteiger partial charge in [-0.05, 0) is 24.6 Å². The molecule has 0 amide bonds. The van der Waals surface area contributed by atoms with Gasteiger partial charge < -0.3 is 9.84 Å². The lowest BCUT2D eigenvalue weighted by Gasteiger charge is -2.05. The van der Waals surface area contributed by atoms with E-state index in [-0.39, 0.29) is 5.82 Å². The maximum absolute atomic E-state index is 11.2. The fraction of sp³-hybridized carbons (Fsp3) is 0.273. The number of nitrogens with zero attached hydrogens (tertiary/aromatic N) is 4. The molecule has 1 atom stereocenters. The molecule has 2 heterocycles. The Kier molecular flexibility index (Phi) is 3.33.